The van der Waals surface area contributed by atoms with Crippen LogP contribution in [0.1, 0.15) is 12.5 Å². The van der Waals surface area contributed by atoms with Gasteiger partial charge in [0.25, 0.3) is 0 Å². The van der Waals surface area contributed by atoms with E-state index in [1.165, 1.54) is 0 Å². The topological polar surface area (TPSA) is 35.5 Å². The molecule has 0 heterocycles. The van der Waals surface area contributed by atoms with Crippen LogP contribution in [0.2, 0.25) is 0 Å². The summed E-state index contributed by atoms with van der Waals surface area (Å²) in [7, 11) is 0. The Balaban J connectivity index is 2.19. The Morgan fingerprint density at radius 3 is 2.75 bits per heavy atom. The highest BCUT2D eigenvalue weighted by molar-refractivity contribution is 5.88. The Bertz CT molecular complexity index is 373. The van der Waals surface area contributed by atoms with Crippen molar-refractivity contribution in [3.63, 3.8) is 0 Å². The van der Waals surface area contributed by atoms with Gasteiger partial charge < -0.3 is 9.47 Å². The van der Waals surface area contributed by atoms with E-state index >= 15 is 0 Å². The molecule has 84 valence electrons. The van der Waals surface area contributed by atoms with Gasteiger partial charge in [0.05, 0.1) is 13.2 Å². The van der Waals surface area contributed by atoms with Crippen molar-refractivity contribution >= 4 is 5.97 Å². The van der Waals surface area contributed by atoms with E-state index in [0.717, 1.165) is 5.56 Å². The van der Waals surface area contributed by atoms with E-state index in [0.29, 0.717) is 13.2 Å². The largest absolute Gasteiger partial charge is 0.456 e. The van der Waals surface area contributed by atoms with Crippen molar-refractivity contribution in [3.05, 3.63) is 35.9 Å². The molecule has 3 heteroatoms. The molecule has 0 saturated carbocycles. The monoisotopic (exact) mass is 218 g/mol. The van der Waals surface area contributed by atoms with Gasteiger partial charge in [-0.3, -0.25) is 0 Å². The third-order valence-electron chi connectivity index (χ3n) is 1.75. The van der Waals surface area contributed by atoms with Crippen molar-refractivity contribution in [2.24, 2.45) is 0 Å². The minimum Gasteiger partial charge on any atom is -0.456 e. The molecule has 0 aliphatic rings. The molecule has 0 radical (unpaired) electrons. The lowest BCUT2D eigenvalue weighted by molar-refractivity contribution is -0.136. The molecule has 0 aliphatic heterocycles. The van der Waals surface area contributed by atoms with Crippen LogP contribution < -0.4 is 0 Å². The molecular formula is C13H14O3. The highest BCUT2D eigenvalue weighted by Crippen LogP contribution is 1.99. The molecule has 0 aliphatic carbocycles. The number of ether oxygens (including phenoxy) is 2. The molecule has 0 saturated heterocycles. The molecule has 0 atom stereocenters. The smallest absolute Gasteiger partial charge is 0.384 e. The third kappa shape index (κ3) is 5.18. The van der Waals surface area contributed by atoms with Crippen molar-refractivity contribution in [3.8, 4) is 11.8 Å². The minimum absolute atomic E-state index is 0.230. The van der Waals surface area contributed by atoms with Crippen molar-refractivity contribution in [1.29, 1.82) is 0 Å². The van der Waals surface area contributed by atoms with Crippen molar-refractivity contribution in [2.45, 2.75) is 13.5 Å². The summed E-state index contributed by atoms with van der Waals surface area (Å²) >= 11 is 0. The second kappa shape index (κ2) is 7.49. The molecule has 1 rings (SSSR count). The number of hydrogen-bond donors (Lipinski definition) is 0. The molecule has 0 bridgehead atoms. The second-order valence-corrected chi connectivity index (χ2v) is 3.00. The summed E-state index contributed by atoms with van der Waals surface area (Å²) in [6, 6.07) is 9.79. The van der Waals surface area contributed by atoms with Crippen LogP contribution in [0.3, 0.4) is 0 Å². The van der Waals surface area contributed by atoms with Crippen LogP contribution in [0.25, 0.3) is 0 Å². The molecule has 3 nitrogen and oxygen atoms in total. The molecule has 1 aromatic rings. The molecule has 0 aromatic heterocycles. The van der Waals surface area contributed by atoms with E-state index in [1.807, 2.05) is 30.3 Å². The maximum absolute atomic E-state index is 10.8. The highest BCUT2D eigenvalue weighted by Gasteiger charge is 1.92. The first-order valence-corrected chi connectivity index (χ1v) is 5.10. The molecule has 0 fully saturated rings. The Kier molecular flexibility index (Phi) is 5.75. The zero-order valence-corrected chi connectivity index (χ0v) is 9.23. The van der Waals surface area contributed by atoms with Gasteiger partial charge in [0.15, 0.2) is 0 Å². The average Bonchev–Trinajstić information content (AvgIpc) is 2.30. The summed E-state index contributed by atoms with van der Waals surface area (Å²) in [4.78, 5) is 10.8. The normalized spacial score (nSPS) is 9.06. The molecule has 16 heavy (non-hydrogen) atoms. The molecule has 0 unspecified atom stereocenters. The van der Waals surface area contributed by atoms with Crippen LogP contribution in [-0.2, 0) is 20.9 Å². The van der Waals surface area contributed by atoms with Crippen molar-refractivity contribution in [1.82, 2.24) is 0 Å². The fraction of sp³-hybridized carbons (Fsp3) is 0.308. The van der Waals surface area contributed by atoms with Gasteiger partial charge in [-0.05, 0) is 12.5 Å². The minimum atomic E-state index is -0.509. The van der Waals surface area contributed by atoms with E-state index < -0.39 is 5.97 Å². The van der Waals surface area contributed by atoms with Gasteiger partial charge in [-0.2, -0.15) is 0 Å². The molecule has 1 aromatic carbocycles. The number of esters is 1. The lowest BCUT2D eigenvalue weighted by Crippen LogP contribution is -2.00. The van der Waals surface area contributed by atoms with E-state index in [1.54, 1.807) is 6.92 Å². The maximum atomic E-state index is 10.8. The molecule has 0 amide bonds. The molecule has 0 N–H and O–H groups in total. The van der Waals surface area contributed by atoms with Crippen molar-refractivity contribution in [2.75, 3.05) is 13.2 Å². The second-order valence-electron chi connectivity index (χ2n) is 3.00. The Morgan fingerprint density at radius 2 is 2.06 bits per heavy atom. The van der Waals surface area contributed by atoms with Gasteiger partial charge in [0.1, 0.15) is 6.61 Å². The number of benzene rings is 1. The predicted octanol–water partition coefficient (Wildman–Crippen LogP) is 1.77. The van der Waals surface area contributed by atoms with Gasteiger partial charge in [0.2, 0.25) is 0 Å². The zero-order valence-electron chi connectivity index (χ0n) is 9.23. The molecule has 0 spiro atoms. The van der Waals surface area contributed by atoms with E-state index in [4.69, 9.17) is 4.74 Å². The first kappa shape index (κ1) is 12.3. The lowest BCUT2D eigenvalue weighted by Gasteiger charge is -1.99. The van der Waals surface area contributed by atoms with Gasteiger partial charge in [-0.15, -0.1) is 0 Å². The maximum Gasteiger partial charge on any atom is 0.384 e. The third-order valence-corrected chi connectivity index (χ3v) is 1.75. The fourth-order valence-corrected chi connectivity index (χ4v) is 1.07. The predicted molar refractivity (Wildman–Crippen MR) is 60.5 cm³/mol. The Labute approximate surface area is 95.4 Å². The number of carbonyl (C=O) groups excluding carboxylic acids is 1. The Morgan fingerprint density at radius 1 is 1.31 bits per heavy atom. The molecular weight excluding hydrogens is 204 g/mol. The first-order chi connectivity index (χ1) is 7.83. The van der Waals surface area contributed by atoms with E-state index in [9.17, 15) is 4.79 Å². The van der Waals surface area contributed by atoms with Crippen LogP contribution in [0.4, 0.5) is 0 Å². The van der Waals surface area contributed by atoms with Crippen LogP contribution in [0.5, 0.6) is 0 Å². The zero-order chi connectivity index (χ0) is 11.6. The first-order valence-electron chi connectivity index (χ1n) is 5.10. The average molecular weight is 218 g/mol. The highest BCUT2D eigenvalue weighted by atomic mass is 16.5. The van der Waals surface area contributed by atoms with Gasteiger partial charge >= 0.3 is 5.97 Å². The number of rotatable bonds is 4. The number of hydrogen-bond acceptors (Lipinski definition) is 3. The fourth-order valence-electron chi connectivity index (χ4n) is 1.07. The summed E-state index contributed by atoms with van der Waals surface area (Å²) in [6.45, 7) is 2.82. The summed E-state index contributed by atoms with van der Waals surface area (Å²) in [5.41, 5.74) is 1.08. The quantitative estimate of drug-likeness (QED) is 0.334. The van der Waals surface area contributed by atoms with E-state index in [2.05, 4.69) is 16.6 Å². The van der Waals surface area contributed by atoms with E-state index in [-0.39, 0.29) is 6.61 Å². The van der Waals surface area contributed by atoms with Gasteiger partial charge in [0, 0.05) is 5.92 Å². The summed E-state index contributed by atoms with van der Waals surface area (Å²) < 4.78 is 9.91. The van der Waals surface area contributed by atoms with Crippen molar-refractivity contribution < 1.29 is 14.3 Å². The van der Waals surface area contributed by atoms with Gasteiger partial charge in [-0.25, -0.2) is 4.79 Å². The number of carbonyl (C=O) groups is 1. The summed E-state index contributed by atoms with van der Waals surface area (Å²) in [6.07, 6.45) is 0. The lowest BCUT2D eigenvalue weighted by atomic mass is 10.2. The van der Waals surface area contributed by atoms with Crippen LogP contribution >= 0.6 is 0 Å². The van der Waals surface area contributed by atoms with Crippen LogP contribution in [0.15, 0.2) is 30.3 Å². The summed E-state index contributed by atoms with van der Waals surface area (Å²) in [5, 5.41) is 0. The SMILES string of the molecule is CCOC(=O)C#CCOCc1ccccc1. The van der Waals surface area contributed by atoms with Gasteiger partial charge in [-0.1, -0.05) is 36.3 Å². The summed E-state index contributed by atoms with van der Waals surface area (Å²) in [5.74, 6) is 4.42. The standard InChI is InChI=1S/C13H14O3/c1-2-16-13(14)9-6-10-15-11-12-7-4-3-5-8-12/h3-5,7-8H,2,10-11H2,1H3. The Hall–Kier alpha value is -1.79. The van der Waals surface area contributed by atoms with Crippen LogP contribution in [0, 0.1) is 11.8 Å². The van der Waals surface area contributed by atoms with Crippen LogP contribution in [-0.4, -0.2) is 19.2 Å².